The van der Waals surface area contributed by atoms with Gasteiger partial charge in [-0.05, 0) is 83.6 Å². The van der Waals surface area contributed by atoms with Gasteiger partial charge in [0.25, 0.3) is 0 Å². The fraction of sp³-hybridized carbons (Fsp3) is 0.0667. The predicted octanol–water partition coefficient (Wildman–Crippen LogP) is 16.6. The second kappa shape index (κ2) is 14.1. The van der Waals surface area contributed by atoms with Crippen LogP contribution in [0.15, 0.2) is 179 Å². The molecule has 4 aliphatic rings. The summed E-state index contributed by atoms with van der Waals surface area (Å²) in [7, 11) is 0. The average Bonchev–Trinajstić information content (AvgIpc) is 4.20. The second-order valence-electron chi connectivity index (χ2n) is 18.0. The number of fused-ring (bicyclic) bond motifs is 15. The molecule has 15 rings (SSSR count). The topological polar surface area (TPSA) is 108 Å². The molecular weight excluding hydrogens is 857 g/mol. The highest BCUT2D eigenvalue weighted by molar-refractivity contribution is 6.12. The van der Waals surface area contributed by atoms with Crippen molar-refractivity contribution in [1.29, 1.82) is 10.5 Å². The van der Waals surface area contributed by atoms with Gasteiger partial charge in [0.05, 0.1) is 57.5 Å². The molecule has 2 atom stereocenters. The van der Waals surface area contributed by atoms with E-state index in [0.29, 0.717) is 79.4 Å². The van der Waals surface area contributed by atoms with Crippen LogP contribution in [-0.2, 0) is 4.74 Å². The van der Waals surface area contributed by atoms with Crippen molar-refractivity contribution in [3.05, 3.63) is 192 Å². The summed E-state index contributed by atoms with van der Waals surface area (Å²) >= 11 is 0. The van der Waals surface area contributed by atoms with E-state index in [4.69, 9.17) is 23.0 Å². The van der Waals surface area contributed by atoms with E-state index in [1.807, 2.05) is 97.1 Å². The highest BCUT2D eigenvalue weighted by Crippen LogP contribution is 2.65. The molecule has 1 fully saturated rings. The van der Waals surface area contributed by atoms with Crippen LogP contribution in [0.4, 0.5) is 34.1 Å². The first-order valence-corrected chi connectivity index (χ1v) is 23.0. The average molecular weight is 891 g/mol. The van der Waals surface area contributed by atoms with Crippen LogP contribution in [0, 0.1) is 22.7 Å². The number of rotatable bonds is 4. The zero-order chi connectivity index (χ0) is 45.5. The number of hydrogen-bond acceptors (Lipinski definition) is 9. The lowest BCUT2D eigenvalue weighted by Gasteiger charge is -2.40. The Balaban J connectivity index is 1.08. The Bertz CT molecular complexity index is 3860. The van der Waals surface area contributed by atoms with Crippen LogP contribution in [0.2, 0.25) is 0 Å². The first-order valence-electron chi connectivity index (χ1n) is 23.0. The highest BCUT2D eigenvalue weighted by Gasteiger charge is 2.47. The molecule has 0 saturated carbocycles. The molecule has 0 amide bonds. The van der Waals surface area contributed by atoms with Gasteiger partial charge in [-0.25, -0.2) is 0 Å². The van der Waals surface area contributed by atoms with Crippen LogP contribution in [0.25, 0.3) is 66.1 Å². The molecule has 324 valence electrons. The van der Waals surface area contributed by atoms with Crippen molar-refractivity contribution < 1.29 is 23.0 Å². The lowest BCUT2D eigenvalue weighted by Crippen LogP contribution is -2.25. The second-order valence-corrected chi connectivity index (χ2v) is 18.0. The van der Waals surface area contributed by atoms with Crippen molar-refractivity contribution >= 4 is 78.0 Å². The fourth-order valence-electron chi connectivity index (χ4n) is 11.3. The predicted molar refractivity (Wildman–Crippen MR) is 267 cm³/mol. The number of ether oxygens (including phenoxy) is 3. The van der Waals surface area contributed by atoms with Crippen LogP contribution in [-0.4, -0.2) is 0 Å². The van der Waals surface area contributed by atoms with E-state index in [-0.39, 0.29) is 12.2 Å². The van der Waals surface area contributed by atoms with Gasteiger partial charge in [0.1, 0.15) is 34.5 Å². The third-order valence-corrected chi connectivity index (χ3v) is 14.3. The van der Waals surface area contributed by atoms with Crippen LogP contribution in [0.5, 0.6) is 23.0 Å². The molecule has 69 heavy (non-hydrogen) atoms. The minimum absolute atomic E-state index is 0.352. The molecular formula is C60H34N4O5. The summed E-state index contributed by atoms with van der Waals surface area (Å²) in [6.45, 7) is 0. The maximum atomic E-state index is 11.9. The number of nitriles is 2. The van der Waals surface area contributed by atoms with E-state index in [2.05, 4.69) is 94.7 Å². The van der Waals surface area contributed by atoms with Crippen LogP contribution in [0.3, 0.4) is 0 Å². The zero-order valence-electron chi connectivity index (χ0n) is 36.6. The Morgan fingerprint density at radius 3 is 1.26 bits per heavy atom. The first-order chi connectivity index (χ1) is 34.1. The highest BCUT2D eigenvalue weighted by atomic mass is 16.5. The monoisotopic (exact) mass is 890 g/mol. The lowest BCUT2D eigenvalue weighted by molar-refractivity contribution is 0.0715. The van der Waals surface area contributed by atoms with Crippen molar-refractivity contribution in [3.8, 4) is 57.4 Å². The molecule has 9 heteroatoms. The summed E-state index contributed by atoms with van der Waals surface area (Å²) in [6, 6.07) is 62.2. The number of benzene rings is 9. The Kier molecular flexibility index (Phi) is 7.75. The van der Waals surface area contributed by atoms with Crippen molar-refractivity contribution in [2.75, 3.05) is 9.80 Å². The van der Waals surface area contributed by atoms with Crippen molar-refractivity contribution in [3.63, 3.8) is 0 Å². The van der Waals surface area contributed by atoms with Crippen LogP contribution >= 0.6 is 0 Å². The molecule has 2 aromatic heterocycles. The van der Waals surface area contributed by atoms with Crippen LogP contribution in [0.1, 0.15) is 47.3 Å². The molecule has 0 spiro atoms. The molecule has 0 aliphatic carbocycles. The Morgan fingerprint density at radius 2 is 0.812 bits per heavy atom. The number of furan rings is 2. The van der Waals surface area contributed by atoms with Crippen molar-refractivity contribution in [2.45, 2.75) is 25.0 Å². The summed E-state index contributed by atoms with van der Waals surface area (Å²) in [5.74, 6) is 2.22. The van der Waals surface area contributed by atoms with Crippen LogP contribution < -0.4 is 19.3 Å². The van der Waals surface area contributed by atoms with Gasteiger partial charge in [-0.3, -0.25) is 0 Å². The number of hydrogen-bond donors (Lipinski definition) is 0. The number of nitrogens with zero attached hydrogens (tertiary/aromatic N) is 4. The molecule has 11 aromatic rings. The summed E-state index contributed by atoms with van der Waals surface area (Å²) in [4.78, 5) is 4.26. The quantitative estimate of drug-likeness (QED) is 0.171. The number of para-hydroxylation sites is 2. The fourth-order valence-corrected chi connectivity index (χ4v) is 11.3. The molecule has 4 aliphatic heterocycles. The molecule has 0 N–H and O–H groups in total. The third-order valence-electron chi connectivity index (χ3n) is 14.3. The maximum Gasteiger partial charge on any atom is 0.155 e. The van der Waals surface area contributed by atoms with Gasteiger partial charge in [0.2, 0.25) is 0 Å². The van der Waals surface area contributed by atoms with E-state index >= 15 is 0 Å². The summed E-state index contributed by atoms with van der Waals surface area (Å²) in [6.07, 6.45) is 0.779. The zero-order valence-corrected chi connectivity index (χ0v) is 36.6. The molecule has 0 radical (unpaired) electrons. The minimum Gasteiger partial charge on any atom is -0.456 e. The van der Waals surface area contributed by atoms with Gasteiger partial charge in [0, 0.05) is 44.8 Å². The van der Waals surface area contributed by atoms with E-state index in [1.54, 1.807) is 0 Å². The van der Waals surface area contributed by atoms with Gasteiger partial charge in [-0.15, -0.1) is 0 Å². The Labute approximate surface area is 394 Å². The van der Waals surface area contributed by atoms with Crippen molar-refractivity contribution in [1.82, 2.24) is 0 Å². The van der Waals surface area contributed by atoms with Gasteiger partial charge >= 0.3 is 0 Å². The van der Waals surface area contributed by atoms with E-state index in [9.17, 15) is 10.5 Å². The molecule has 1 saturated heterocycles. The SMILES string of the molecule is N#Cc1c2c(c(C#N)c(N3c4ccc(-c5ccccc5)cc4Oc4cc5oc6ccccc6c5cc43)c1N1c3ccc(-c4ccccc4)cc3Oc3cc4oc5ccccc5c4cc31)C1CCC2O1. The van der Waals surface area contributed by atoms with Gasteiger partial charge in [-0.1, -0.05) is 109 Å². The molecule has 2 bridgehead atoms. The van der Waals surface area contributed by atoms with Gasteiger partial charge < -0.3 is 32.8 Å². The molecule has 2 unspecified atom stereocenters. The molecule has 6 heterocycles. The largest absolute Gasteiger partial charge is 0.456 e. The van der Waals surface area contributed by atoms with E-state index in [1.165, 1.54) is 0 Å². The standard InChI is InChI=1S/C60H34N4O5/c61-31-41-57-49-23-24-50(67-49)58(57)42(32-62)60(64-44-22-20-36(34-13-5-2-6-14-34)26-54(44)69-56-30-52-40(28-46(56)64)38-16-8-10-18-48(38)66-52)59(41)63-43-21-19-35(33-11-3-1-4-12-33)25-53(43)68-55-29-51-39(27-45(55)63)37-15-7-9-17-47(37)65-51/h1-22,25-30,49-50H,23-24H2. The van der Waals surface area contributed by atoms with Gasteiger partial charge in [-0.2, -0.15) is 10.5 Å². The summed E-state index contributed by atoms with van der Waals surface area (Å²) in [5.41, 5.74) is 13.0. The van der Waals surface area contributed by atoms with Crippen molar-refractivity contribution in [2.24, 2.45) is 0 Å². The minimum atomic E-state index is -0.352. The molecule has 9 aromatic carbocycles. The van der Waals surface area contributed by atoms with E-state index < -0.39 is 0 Å². The molecule has 9 nitrogen and oxygen atoms in total. The van der Waals surface area contributed by atoms with Gasteiger partial charge in [0.15, 0.2) is 23.0 Å². The maximum absolute atomic E-state index is 11.9. The van der Waals surface area contributed by atoms with E-state index in [0.717, 1.165) is 78.9 Å². The Morgan fingerprint density at radius 1 is 0.391 bits per heavy atom. The number of anilines is 6. The normalized spacial score (nSPS) is 16.1. The summed E-state index contributed by atoms with van der Waals surface area (Å²) < 4.78 is 33.6. The summed E-state index contributed by atoms with van der Waals surface area (Å²) in [5, 5.41) is 27.4. The lowest BCUT2D eigenvalue weighted by atomic mass is 9.82. The smallest absolute Gasteiger partial charge is 0.155 e. The third kappa shape index (κ3) is 5.36. The Hall–Kier alpha value is -9.28. The first kappa shape index (κ1) is 37.9.